The van der Waals surface area contributed by atoms with Crippen molar-refractivity contribution in [2.45, 2.75) is 46.3 Å². The number of pyridine rings is 1. The van der Waals surface area contributed by atoms with Gasteiger partial charge in [-0.3, -0.25) is 4.98 Å². The van der Waals surface area contributed by atoms with Crippen molar-refractivity contribution < 1.29 is 9.84 Å². The summed E-state index contributed by atoms with van der Waals surface area (Å²) in [4.78, 5) is 4.40. The molecule has 2 N–H and O–H groups in total. The largest absolute Gasteiger partial charge is 0.389 e. The molecule has 0 aliphatic rings. The number of aliphatic hydroxyl groups excluding tert-OH is 1. The fraction of sp³-hybridized carbons (Fsp3) is 0.688. The number of aryl methyl sites for hydroxylation is 1. The van der Waals surface area contributed by atoms with Crippen LogP contribution in [0.2, 0.25) is 0 Å². The van der Waals surface area contributed by atoms with Crippen LogP contribution < -0.4 is 5.32 Å². The molecule has 1 rings (SSSR count). The van der Waals surface area contributed by atoms with Crippen molar-refractivity contribution in [3.8, 4) is 0 Å². The minimum absolute atomic E-state index is 0.395. The maximum Gasteiger partial charge on any atom is 0.0897 e. The molecular formula is C16H28N2O2. The number of ether oxygens (including phenoxy) is 1. The summed E-state index contributed by atoms with van der Waals surface area (Å²) in [7, 11) is 0. The lowest BCUT2D eigenvalue weighted by Crippen LogP contribution is -2.30. The van der Waals surface area contributed by atoms with Crippen LogP contribution in [0.1, 0.15) is 38.1 Å². The van der Waals surface area contributed by atoms with Gasteiger partial charge in [0.1, 0.15) is 0 Å². The molecule has 4 heteroatoms. The fourth-order valence-electron chi connectivity index (χ4n) is 1.94. The third-order valence-corrected chi connectivity index (χ3v) is 3.01. The van der Waals surface area contributed by atoms with Crippen molar-refractivity contribution in [3.63, 3.8) is 0 Å². The van der Waals surface area contributed by atoms with E-state index in [-0.39, 0.29) is 0 Å². The van der Waals surface area contributed by atoms with Gasteiger partial charge in [0, 0.05) is 25.4 Å². The molecule has 0 radical (unpaired) electrons. The molecule has 0 fully saturated rings. The van der Waals surface area contributed by atoms with E-state index in [0.29, 0.717) is 25.6 Å². The number of aliphatic hydroxyl groups is 1. The van der Waals surface area contributed by atoms with E-state index in [9.17, 15) is 5.11 Å². The van der Waals surface area contributed by atoms with Crippen molar-refractivity contribution in [2.75, 3.05) is 19.8 Å². The summed E-state index contributed by atoms with van der Waals surface area (Å²) < 4.78 is 5.46. The first kappa shape index (κ1) is 17.1. The zero-order valence-corrected chi connectivity index (χ0v) is 12.9. The SMILES string of the molecule is Cc1cccc(CNCC(O)COCCCC(C)C)n1. The first-order valence-electron chi connectivity index (χ1n) is 7.47. The summed E-state index contributed by atoms with van der Waals surface area (Å²) in [6.45, 7) is 8.71. The lowest BCUT2D eigenvalue weighted by atomic mass is 10.1. The molecule has 114 valence electrons. The Bertz CT molecular complexity index is 369. The van der Waals surface area contributed by atoms with Crippen LogP contribution in [0.5, 0.6) is 0 Å². The predicted molar refractivity (Wildman–Crippen MR) is 81.6 cm³/mol. The van der Waals surface area contributed by atoms with Gasteiger partial charge < -0.3 is 15.2 Å². The zero-order chi connectivity index (χ0) is 14.8. The average molecular weight is 280 g/mol. The van der Waals surface area contributed by atoms with Crippen LogP contribution in [0.4, 0.5) is 0 Å². The molecular weight excluding hydrogens is 252 g/mol. The maximum absolute atomic E-state index is 9.78. The quantitative estimate of drug-likeness (QED) is 0.646. The van der Waals surface area contributed by atoms with E-state index >= 15 is 0 Å². The van der Waals surface area contributed by atoms with E-state index in [1.165, 1.54) is 6.42 Å². The number of aromatic nitrogens is 1. The Morgan fingerprint density at radius 2 is 2.15 bits per heavy atom. The topological polar surface area (TPSA) is 54.4 Å². The molecule has 1 unspecified atom stereocenters. The predicted octanol–water partition coefficient (Wildman–Crippen LogP) is 2.29. The third kappa shape index (κ3) is 8.25. The van der Waals surface area contributed by atoms with Gasteiger partial charge >= 0.3 is 0 Å². The van der Waals surface area contributed by atoms with E-state index in [0.717, 1.165) is 24.4 Å². The second-order valence-corrected chi connectivity index (χ2v) is 5.67. The highest BCUT2D eigenvalue weighted by molar-refractivity contribution is 5.09. The van der Waals surface area contributed by atoms with Crippen LogP contribution >= 0.6 is 0 Å². The molecule has 1 aromatic rings. The highest BCUT2D eigenvalue weighted by Gasteiger charge is 2.04. The number of nitrogens with one attached hydrogen (secondary N) is 1. The van der Waals surface area contributed by atoms with Gasteiger partial charge in [0.05, 0.1) is 18.4 Å². The summed E-state index contributed by atoms with van der Waals surface area (Å²) in [6.07, 6.45) is 1.78. The first-order valence-corrected chi connectivity index (χ1v) is 7.47. The van der Waals surface area contributed by atoms with Crippen molar-refractivity contribution in [3.05, 3.63) is 29.6 Å². The second kappa shape index (κ2) is 9.86. The first-order chi connectivity index (χ1) is 9.58. The summed E-state index contributed by atoms with van der Waals surface area (Å²) in [5, 5.41) is 13.0. The van der Waals surface area contributed by atoms with Crippen LogP contribution in [0.15, 0.2) is 18.2 Å². The molecule has 0 bridgehead atoms. The molecule has 0 amide bonds. The molecule has 0 spiro atoms. The van der Waals surface area contributed by atoms with Crippen LogP contribution in [-0.4, -0.2) is 36.0 Å². The fourth-order valence-corrected chi connectivity index (χ4v) is 1.94. The molecule has 0 aromatic carbocycles. The number of rotatable bonds is 10. The lowest BCUT2D eigenvalue weighted by molar-refractivity contribution is 0.0346. The summed E-state index contributed by atoms with van der Waals surface area (Å²) in [5.41, 5.74) is 2.01. The summed E-state index contributed by atoms with van der Waals surface area (Å²) in [6, 6.07) is 5.95. The highest BCUT2D eigenvalue weighted by atomic mass is 16.5. The molecule has 0 aliphatic carbocycles. The molecule has 20 heavy (non-hydrogen) atoms. The number of nitrogens with zero attached hydrogens (tertiary/aromatic N) is 1. The Morgan fingerprint density at radius 1 is 1.35 bits per heavy atom. The van der Waals surface area contributed by atoms with Gasteiger partial charge in [-0.2, -0.15) is 0 Å². The van der Waals surface area contributed by atoms with Crippen molar-refractivity contribution >= 4 is 0 Å². The van der Waals surface area contributed by atoms with Crippen molar-refractivity contribution in [1.29, 1.82) is 0 Å². The van der Waals surface area contributed by atoms with Gasteiger partial charge in [-0.25, -0.2) is 0 Å². The van der Waals surface area contributed by atoms with Gasteiger partial charge in [0.25, 0.3) is 0 Å². The molecule has 1 atom stereocenters. The van der Waals surface area contributed by atoms with Gasteiger partial charge in [0.2, 0.25) is 0 Å². The van der Waals surface area contributed by atoms with Crippen molar-refractivity contribution in [2.24, 2.45) is 5.92 Å². The standard InChI is InChI=1S/C16H28N2O2/c1-13(2)6-5-9-20-12-16(19)11-17-10-15-8-4-7-14(3)18-15/h4,7-8,13,16-17,19H,5-6,9-12H2,1-3H3. The molecule has 1 heterocycles. The van der Waals surface area contributed by atoms with E-state index < -0.39 is 6.10 Å². The van der Waals surface area contributed by atoms with E-state index in [1.807, 2.05) is 25.1 Å². The Hall–Kier alpha value is -0.970. The molecule has 4 nitrogen and oxygen atoms in total. The average Bonchev–Trinajstić information content (AvgIpc) is 2.38. The monoisotopic (exact) mass is 280 g/mol. The van der Waals surface area contributed by atoms with Crippen LogP contribution in [0, 0.1) is 12.8 Å². The minimum Gasteiger partial charge on any atom is -0.389 e. The Labute approximate surface area is 122 Å². The van der Waals surface area contributed by atoms with Gasteiger partial charge in [-0.1, -0.05) is 19.9 Å². The van der Waals surface area contributed by atoms with Crippen LogP contribution in [0.25, 0.3) is 0 Å². The Kier molecular flexibility index (Phi) is 8.42. The van der Waals surface area contributed by atoms with E-state index in [2.05, 4.69) is 24.1 Å². The lowest BCUT2D eigenvalue weighted by Gasteiger charge is -2.12. The van der Waals surface area contributed by atoms with E-state index in [4.69, 9.17) is 4.74 Å². The van der Waals surface area contributed by atoms with Crippen molar-refractivity contribution in [1.82, 2.24) is 10.3 Å². The number of hydrogen-bond donors (Lipinski definition) is 2. The Balaban J connectivity index is 2.04. The minimum atomic E-state index is -0.459. The smallest absolute Gasteiger partial charge is 0.0897 e. The molecule has 1 aromatic heterocycles. The summed E-state index contributed by atoms with van der Waals surface area (Å²) in [5.74, 6) is 0.715. The zero-order valence-electron chi connectivity index (χ0n) is 12.9. The van der Waals surface area contributed by atoms with Gasteiger partial charge in [-0.15, -0.1) is 0 Å². The molecule has 0 aliphatic heterocycles. The van der Waals surface area contributed by atoms with Gasteiger partial charge in [-0.05, 0) is 37.8 Å². The third-order valence-electron chi connectivity index (χ3n) is 3.01. The van der Waals surface area contributed by atoms with Crippen LogP contribution in [0.3, 0.4) is 0 Å². The molecule has 0 saturated heterocycles. The molecule has 0 saturated carbocycles. The maximum atomic E-state index is 9.78. The normalized spacial score (nSPS) is 12.8. The second-order valence-electron chi connectivity index (χ2n) is 5.67. The Morgan fingerprint density at radius 3 is 2.85 bits per heavy atom. The highest BCUT2D eigenvalue weighted by Crippen LogP contribution is 2.03. The summed E-state index contributed by atoms with van der Waals surface area (Å²) >= 11 is 0. The van der Waals surface area contributed by atoms with Gasteiger partial charge in [0.15, 0.2) is 0 Å². The van der Waals surface area contributed by atoms with E-state index in [1.54, 1.807) is 0 Å². The van der Waals surface area contributed by atoms with Crippen LogP contribution in [-0.2, 0) is 11.3 Å². The number of hydrogen-bond acceptors (Lipinski definition) is 4.